The summed E-state index contributed by atoms with van der Waals surface area (Å²) in [7, 11) is 0. The number of alkyl halides is 1. The summed E-state index contributed by atoms with van der Waals surface area (Å²) in [6, 6.07) is 0. The predicted octanol–water partition coefficient (Wildman–Crippen LogP) is 3.20. The van der Waals surface area contributed by atoms with Crippen LogP contribution in [0.5, 0.6) is 0 Å². The molecule has 0 aromatic heterocycles. The van der Waals surface area contributed by atoms with Crippen LogP contribution in [0.2, 0.25) is 0 Å². The zero-order valence-electron chi connectivity index (χ0n) is 10.3. The van der Waals surface area contributed by atoms with Crippen LogP contribution in [0.25, 0.3) is 0 Å². The molecule has 1 heterocycles. The Bertz CT molecular complexity index is 262. The highest BCUT2D eigenvalue weighted by Crippen LogP contribution is 2.48. The zero-order valence-corrected chi connectivity index (χ0v) is 12.7. The molecular weight excluding hydrogens is 298 g/mol. The van der Waals surface area contributed by atoms with Crippen molar-refractivity contribution in [1.82, 2.24) is 5.32 Å². The lowest BCUT2D eigenvalue weighted by molar-refractivity contribution is -0.122. The lowest BCUT2D eigenvalue weighted by Gasteiger charge is -2.21. The van der Waals surface area contributed by atoms with Crippen LogP contribution in [0.4, 0.5) is 0 Å². The van der Waals surface area contributed by atoms with Crippen LogP contribution in [-0.2, 0) is 4.79 Å². The van der Waals surface area contributed by atoms with Gasteiger partial charge in [-0.15, -0.1) is 0 Å². The molecule has 0 bridgehead atoms. The number of hydrogen-bond donors (Lipinski definition) is 1. The fourth-order valence-corrected chi connectivity index (χ4v) is 4.51. The first-order valence-electron chi connectivity index (χ1n) is 6.64. The van der Waals surface area contributed by atoms with Crippen LogP contribution >= 0.6 is 27.7 Å². The Balaban J connectivity index is 1.63. The fraction of sp³-hybridized carbons (Fsp3) is 0.923. The largest absolute Gasteiger partial charge is 0.356 e. The van der Waals surface area contributed by atoms with Crippen molar-refractivity contribution < 1.29 is 4.79 Å². The zero-order chi connectivity index (χ0) is 12.1. The summed E-state index contributed by atoms with van der Waals surface area (Å²) >= 11 is 5.52. The van der Waals surface area contributed by atoms with Crippen LogP contribution in [0.1, 0.15) is 38.5 Å². The molecule has 0 radical (unpaired) electrons. The van der Waals surface area contributed by atoms with Crippen LogP contribution in [0.3, 0.4) is 0 Å². The van der Waals surface area contributed by atoms with E-state index in [2.05, 4.69) is 21.2 Å². The summed E-state index contributed by atoms with van der Waals surface area (Å²) in [5.41, 5.74) is 0.446. The molecule has 0 unspecified atom stereocenters. The lowest BCUT2D eigenvalue weighted by atomic mass is 9.98. The van der Waals surface area contributed by atoms with Gasteiger partial charge in [0.1, 0.15) is 0 Å². The van der Waals surface area contributed by atoms with E-state index in [9.17, 15) is 4.79 Å². The molecular formula is C13H22BrNOS. The number of rotatable bonds is 6. The monoisotopic (exact) mass is 319 g/mol. The molecule has 2 rings (SSSR count). The highest BCUT2D eigenvalue weighted by atomic mass is 79.9. The molecule has 2 nitrogen and oxygen atoms in total. The molecule has 1 saturated carbocycles. The average Bonchev–Trinajstić information content (AvgIpc) is 3.09. The van der Waals surface area contributed by atoms with Gasteiger partial charge in [-0.1, -0.05) is 15.9 Å². The highest BCUT2D eigenvalue weighted by molar-refractivity contribution is 9.09. The number of halogens is 1. The molecule has 17 heavy (non-hydrogen) atoms. The second-order valence-electron chi connectivity index (χ2n) is 5.48. The Morgan fingerprint density at radius 1 is 1.35 bits per heavy atom. The number of thioether (sulfide) groups is 1. The van der Waals surface area contributed by atoms with Gasteiger partial charge in [-0.25, -0.2) is 0 Å². The van der Waals surface area contributed by atoms with Crippen molar-refractivity contribution in [2.75, 3.05) is 23.4 Å². The smallest absolute Gasteiger partial charge is 0.220 e. The van der Waals surface area contributed by atoms with E-state index in [1.807, 2.05) is 11.8 Å². The Kier molecular flexibility index (Phi) is 5.22. The molecule has 4 heteroatoms. The number of hydrogen-bond acceptors (Lipinski definition) is 2. The first-order chi connectivity index (χ1) is 8.24. The first-order valence-corrected chi connectivity index (χ1v) is 8.92. The molecule has 1 amide bonds. The van der Waals surface area contributed by atoms with E-state index < -0.39 is 0 Å². The van der Waals surface area contributed by atoms with Gasteiger partial charge in [0, 0.05) is 18.3 Å². The molecule has 0 atom stereocenters. The van der Waals surface area contributed by atoms with Crippen LogP contribution in [-0.4, -0.2) is 29.3 Å². The van der Waals surface area contributed by atoms with Crippen molar-refractivity contribution in [2.45, 2.75) is 38.5 Å². The molecule has 1 aliphatic heterocycles. The van der Waals surface area contributed by atoms with Gasteiger partial charge in [0.25, 0.3) is 0 Å². The van der Waals surface area contributed by atoms with Crippen molar-refractivity contribution in [3.63, 3.8) is 0 Å². The maximum Gasteiger partial charge on any atom is 0.220 e. The van der Waals surface area contributed by atoms with E-state index in [1.165, 1.54) is 43.6 Å². The van der Waals surface area contributed by atoms with E-state index in [-0.39, 0.29) is 5.91 Å². The van der Waals surface area contributed by atoms with Crippen molar-refractivity contribution in [1.29, 1.82) is 0 Å². The summed E-state index contributed by atoms with van der Waals surface area (Å²) in [6.45, 7) is 0.902. The van der Waals surface area contributed by atoms with Crippen LogP contribution < -0.4 is 5.32 Å². The normalized spacial score (nSPS) is 23.4. The second kappa shape index (κ2) is 6.46. The molecule has 0 aromatic rings. The third-order valence-electron chi connectivity index (χ3n) is 4.06. The Labute approximate surface area is 117 Å². The summed E-state index contributed by atoms with van der Waals surface area (Å²) in [5, 5.41) is 4.21. The molecule has 2 aliphatic rings. The second-order valence-corrected chi connectivity index (χ2v) is 7.49. The van der Waals surface area contributed by atoms with Crippen molar-refractivity contribution >= 4 is 33.6 Å². The average molecular weight is 320 g/mol. The minimum absolute atomic E-state index is 0.280. The maximum atomic E-state index is 11.9. The number of amides is 1. The molecule has 0 aromatic carbocycles. The van der Waals surface area contributed by atoms with Crippen molar-refractivity contribution in [3.8, 4) is 0 Å². The Morgan fingerprint density at radius 3 is 2.65 bits per heavy atom. The Hall–Kier alpha value is 0.300. The van der Waals surface area contributed by atoms with E-state index in [1.54, 1.807) is 0 Å². The van der Waals surface area contributed by atoms with Crippen LogP contribution in [0, 0.1) is 11.3 Å². The predicted molar refractivity (Wildman–Crippen MR) is 77.8 cm³/mol. The van der Waals surface area contributed by atoms with Gasteiger partial charge in [0.15, 0.2) is 0 Å². The number of nitrogens with one attached hydrogen (secondary N) is 1. The third kappa shape index (κ3) is 4.47. The molecule has 98 valence electrons. The lowest BCUT2D eigenvalue weighted by Crippen LogP contribution is -2.32. The summed E-state index contributed by atoms with van der Waals surface area (Å²) < 4.78 is 0. The standard InChI is InChI=1S/C13H22BrNOS/c14-6-5-13(3-4-13)10-15-12(16)9-11-1-7-17-8-2-11/h11H,1-10H2,(H,15,16). The number of carbonyl (C=O) groups is 1. The quantitative estimate of drug-likeness (QED) is 0.762. The first kappa shape index (κ1) is 13.7. The minimum Gasteiger partial charge on any atom is -0.356 e. The fourth-order valence-electron chi connectivity index (χ4n) is 2.46. The molecule has 1 N–H and O–H groups in total. The van der Waals surface area contributed by atoms with Gasteiger partial charge in [-0.2, -0.15) is 11.8 Å². The topological polar surface area (TPSA) is 29.1 Å². The van der Waals surface area contributed by atoms with Gasteiger partial charge in [0.2, 0.25) is 5.91 Å². The summed E-state index contributed by atoms with van der Waals surface area (Å²) in [5.74, 6) is 3.40. The summed E-state index contributed by atoms with van der Waals surface area (Å²) in [6.07, 6.45) is 6.99. The maximum absolute atomic E-state index is 11.9. The van der Waals surface area contributed by atoms with Crippen LogP contribution in [0.15, 0.2) is 0 Å². The van der Waals surface area contributed by atoms with Gasteiger partial charge < -0.3 is 5.32 Å². The van der Waals surface area contributed by atoms with E-state index >= 15 is 0 Å². The van der Waals surface area contributed by atoms with E-state index in [4.69, 9.17) is 0 Å². The van der Waals surface area contributed by atoms with E-state index in [0.717, 1.165) is 18.3 Å². The van der Waals surface area contributed by atoms with Gasteiger partial charge >= 0.3 is 0 Å². The van der Waals surface area contributed by atoms with Gasteiger partial charge in [-0.3, -0.25) is 4.79 Å². The molecule has 1 saturated heterocycles. The van der Waals surface area contributed by atoms with Crippen molar-refractivity contribution in [2.24, 2.45) is 11.3 Å². The van der Waals surface area contributed by atoms with Gasteiger partial charge in [-0.05, 0) is 54.9 Å². The SMILES string of the molecule is O=C(CC1CCSCC1)NCC1(CCBr)CC1. The van der Waals surface area contributed by atoms with Gasteiger partial charge in [0.05, 0.1) is 0 Å². The van der Waals surface area contributed by atoms with Crippen molar-refractivity contribution in [3.05, 3.63) is 0 Å². The molecule has 2 fully saturated rings. The number of carbonyl (C=O) groups excluding carboxylic acids is 1. The Morgan fingerprint density at radius 2 is 2.06 bits per heavy atom. The molecule has 1 aliphatic carbocycles. The van der Waals surface area contributed by atoms with E-state index in [0.29, 0.717) is 11.3 Å². The molecule has 0 spiro atoms. The highest BCUT2D eigenvalue weighted by Gasteiger charge is 2.41. The minimum atomic E-state index is 0.280. The summed E-state index contributed by atoms with van der Waals surface area (Å²) in [4.78, 5) is 11.9. The third-order valence-corrected chi connectivity index (χ3v) is 5.50.